The number of benzene rings is 1. The highest BCUT2D eigenvalue weighted by Gasteiger charge is 2.08. The Kier molecular flexibility index (Phi) is 4.01. The second-order valence-electron chi connectivity index (χ2n) is 2.80. The maximum Gasteiger partial charge on any atom is 0.188 e. The molecule has 0 unspecified atom stereocenters. The number of rotatable bonds is 3. The largest absolute Gasteiger partial charge is 0.289 e. The van der Waals surface area contributed by atoms with E-state index in [0.29, 0.717) is 4.47 Å². The predicted octanol–water partition coefficient (Wildman–Crippen LogP) is 3.74. The first-order valence-corrected chi connectivity index (χ1v) is 5.10. The highest BCUT2D eigenvalue weighted by atomic mass is 79.9. The molecule has 0 aromatic heterocycles. The summed E-state index contributed by atoms with van der Waals surface area (Å²) in [7, 11) is 0. The third kappa shape index (κ3) is 2.77. The monoisotopic (exact) mass is 256 g/mol. The molecule has 0 aliphatic heterocycles. The zero-order valence-corrected chi connectivity index (χ0v) is 9.34. The van der Waals surface area contributed by atoms with Crippen LogP contribution < -0.4 is 0 Å². The van der Waals surface area contributed by atoms with Gasteiger partial charge < -0.3 is 0 Å². The number of hydrogen-bond donors (Lipinski definition) is 0. The van der Waals surface area contributed by atoms with Gasteiger partial charge >= 0.3 is 0 Å². The summed E-state index contributed by atoms with van der Waals surface area (Å²) >= 11 is 3.19. The van der Waals surface area contributed by atoms with E-state index in [-0.39, 0.29) is 11.3 Å². The van der Waals surface area contributed by atoms with Crippen molar-refractivity contribution in [3.05, 3.63) is 46.2 Å². The third-order valence-electron chi connectivity index (χ3n) is 1.70. The maximum atomic E-state index is 13.2. The van der Waals surface area contributed by atoms with Crippen LogP contribution >= 0.6 is 15.9 Å². The molecule has 1 aromatic rings. The van der Waals surface area contributed by atoms with Gasteiger partial charge in [0.2, 0.25) is 0 Å². The van der Waals surface area contributed by atoms with E-state index in [9.17, 15) is 9.18 Å². The van der Waals surface area contributed by atoms with Crippen molar-refractivity contribution >= 4 is 21.7 Å². The number of ketones is 1. The van der Waals surface area contributed by atoms with E-state index in [1.165, 1.54) is 18.2 Å². The molecule has 0 fully saturated rings. The van der Waals surface area contributed by atoms with Crippen LogP contribution in [-0.4, -0.2) is 5.78 Å². The average Bonchev–Trinajstić information content (AvgIpc) is 2.18. The standard InChI is InChI=1S/C11H10BrFO/c1-2-3-4-11(14)9-7-8(12)5-6-10(9)13/h3-7H,2H2,1H3/b4-3+. The van der Waals surface area contributed by atoms with E-state index >= 15 is 0 Å². The lowest BCUT2D eigenvalue weighted by molar-refractivity contribution is 0.104. The fourth-order valence-corrected chi connectivity index (χ4v) is 1.36. The molecule has 0 radical (unpaired) electrons. The Labute approximate surface area is 90.8 Å². The van der Waals surface area contributed by atoms with Crippen LogP contribution in [0.1, 0.15) is 23.7 Å². The molecule has 0 N–H and O–H groups in total. The SMILES string of the molecule is CC/C=C/C(=O)c1cc(Br)ccc1F. The summed E-state index contributed by atoms with van der Waals surface area (Å²) in [6.45, 7) is 1.92. The molecule has 1 nitrogen and oxygen atoms in total. The Bertz CT molecular complexity index is 372. The molecule has 14 heavy (non-hydrogen) atoms. The highest BCUT2D eigenvalue weighted by molar-refractivity contribution is 9.10. The summed E-state index contributed by atoms with van der Waals surface area (Å²) < 4.78 is 13.9. The zero-order chi connectivity index (χ0) is 10.6. The molecular weight excluding hydrogens is 247 g/mol. The Morgan fingerprint density at radius 1 is 1.57 bits per heavy atom. The summed E-state index contributed by atoms with van der Waals surface area (Å²) in [6, 6.07) is 4.32. The van der Waals surface area contributed by atoms with Gasteiger partial charge in [-0.25, -0.2) is 4.39 Å². The fraction of sp³-hybridized carbons (Fsp3) is 0.182. The molecule has 0 saturated heterocycles. The van der Waals surface area contributed by atoms with E-state index in [1.807, 2.05) is 6.92 Å². The molecule has 0 saturated carbocycles. The molecule has 0 aliphatic rings. The molecule has 0 aliphatic carbocycles. The van der Waals surface area contributed by atoms with Gasteiger partial charge in [0.05, 0.1) is 5.56 Å². The van der Waals surface area contributed by atoms with Gasteiger partial charge in [-0.3, -0.25) is 4.79 Å². The molecule has 1 rings (SSSR count). The van der Waals surface area contributed by atoms with Crippen LogP contribution in [0.3, 0.4) is 0 Å². The number of hydrogen-bond acceptors (Lipinski definition) is 1. The van der Waals surface area contributed by atoms with Crippen LogP contribution in [0.2, 0.25) is 0 Å². The van der Waals surface area contributed by atoms with E-state index in [2.05, 4.69) is 15.9 Å². The lowest BCUT2D eigenvalue weighted by atomic mass is 10.1. The minimum absolute atomic E-state index is 0.101. The van der Waals surface area contributed by atoms with Gasteiger partial charge in [-0.05, 0) is 30.7 Å². The summed E-state index contributed by atoms with van der Waals surface area (Å²) in [5, 5.41) is 0. The molecule has 0 spiro atoms. The van der Waals surface area contributed by atoms with Crippen LogP contribution in [0.4, 0.5) is 4.39 Å². The average molecular weight is 257 g/mol. The van der Waals surface area contributed by atoms with Crippen molar-refractivity contribution in [3.8, 4) is 0 Å². The predicted molar refractivity (Wildman–Crippen MR) is 57.9 cm³/mol. The lowest BCUT2D eigenvalue weighted by Crippen LogP contribution is -1.98. The Hall–Kier alpha value is -0.960. The summed E-state index contributed by atoms with van der Waals surface area (Å²) in [5.74, 6) is -0.787. The molecule has 1 aromatic carbocycles. The fourth-order valence-electron chi connectivity index (χ4n) is 1.00. The van der Waals surface area contributed by atoms with Gasteiger partial charge in [0.25, 0.3) is 0 Å². The van der Waals surface area contributed by atoms with Crippen molar-refractivity contribution < 1.29 is 9.18 Å². The van der Waals surface area contributed by atoms with Crippen molar-refractivity contribution in [1.29, 1.82) is 0 Å². The van der Waals surface area contributed by atoms with Crippen LogP contribution in [0.5, 0.6) is 0 Å². The third-order valence-corrected chi connectivity index (χ3v) is 2.19. The first-order chi connectivity index (χ1) is 6.65. The Balaban J connectivity index is 3.00. The Morgan fingerprint density at radius 2 is 2.29 bits per heavy atom. The van der Waals surface area contributed by atoms with Crippen LogP contribution in [-0.2, 0) is 0 Å². The van der Waals surface area contributed by atoms with Crippen LogP contribution in [0.25, 0.3) is 0 Å². The smallest absolute Gasteiger partial charge is 0.188 e. The first-order valence-electron chi connectivity index (χ1n) is 4.31. The molecule has 0 heterocycles. The van der Waals surface area contributed by atoms with Gasteiger partial charge in [0.1, 0.15) is 5.82 Å². The van der Waals surface area contributed by atoms with Gasteiger partial charge in [-0.15, -0.1) is 0 Å². The molecule has 0 atom stereocenters. The molecule has 0 bridgehead atoms. The maximum absolute atomic E-state index is 13.2. The zero-order valence-electron chi connectivity index (χ0n) is 7.76. The second-order valence-corrected chi connectivity index (χ2v) is 3.71. The Morgan fingerprint density at radius 3 is 2.93 bits per heavy atom. The van der Waals surface area contributed by atoms with E-state index < -0.39 is 5.82 Å². The van der Waals surface area contributed by atoms with E-state index in [1.54, 1.807) is 12.1 Å². The van der Waals surface area contributed by atoms with Crippen molar-refractivity contribution in [2.24, 2.45) is 0 Å². The normalized spacial score (nSPS) is 10.8. The quantitative estimate of drug-likeness (QED) is 0.595. The lowest BCUT2D eigenvalue weighted by Gasteiger charge is -1.98. The number of allylic oxidation sites excluding steroid dienone is 2. The van der Waals surface area contributed by atoms with Gasteiger partial charge in [0, 0.05) is 4.47 Å². The van der Waals surface area contributed by atoms with Crippen LogP contribution in [0.15, 0.2) is 34.8 Å². The van der Waals surface area contributed by atoms with Crippen molar-refractivity contribution in [3.63, 3.8) is 0 Å². The minimum atomic E-state index is -0.487. The molecule has 0 amide bonds. The van der Waals surface area contributed by atoms with Crippen molar-refractivity contribution in [1.82, 2.24) is 0 Å². The minimum Gasteiger partial charge on any atom is -0.289 e. The first kappa shape index (κ1) is 11.1. The molecule has 3 heteroatoms. The highest BCUT2D eigenvalue weighted by Crippen LogP contribution is 2.16. The van der Waals surface area contributed by atoms with E-state index in [0.717, 1.165) is 6.42 Å². The van der Waals surface area contributed by atoms with Gasteiger partial charge in [-0.1, -0.05) is 28.9 Å². The summed E-state index contributed by atoms with van der Waals surface area (Å²) in [6.07, 6.45) is 3.87. The van der Waals surface area contributed by atoms with Crippen molar-refractivity contribution in [2.45, 2.75) is 13.3 Å². The second kappa shape index (κ2) is 5.05. The number of carbonyl (C=O) groups excluding carboxylic acids is 1. The molecule has 74 valence electrons. The number of halogens is 2. The van der Waals surface area contributed by atoms with Gasteiger partial charge in [0.15, 0.2) is 5.78 Å². The van der Waals surface area contributed by atoms with Crippen molar-refractivity contribution in [2.75, 3.05) is 0 Å². The van der Waals surface area contributed by atoms with E-state index in [4.69, 9.17) is 0 Å². The molecular formula is C11H10BrFO. The van der Waals surface area contributed by atoms with Crippen LogP contribution in [0, 0.1) is 5.82 Å². The summed E-state index contributed by atoms with van der Waals surface area (Å²) in [5.41, 5.74) is 0.101. The topological polar surface area (TPSA) is 17.1 Å². The van der Waals surface area contributed by atoms with Gasteiger partial charge in [-0.2, -0.15) is 0 Å². The number of carbonyl (C=O) groups is 1. The summed E-state index contributed by atoms with van der Waals surface area (Å²) in [4.78, 5) is 11.4.